The smallest absolute Gasteiger partial charge is 0.231 e. The van der Waals surface area contributed by atoms with Gasteiger partial charge in [0, 0.05) is 10.5 Å². The zero-order chi connectivity index (χ0) is 13.1. The molecule has 0 radical (unpaired) electrons. The van der Waals surface area contributed by atoms with Crippen LogP contribution in [0, 0.1) is 12.8 Å². The van der Waals surface area contributed by atoms with Crippen molar-refractivity contribution in [2.75, 3.05) is 25.6 Å². The Kier molecular flexibility index (Phi) is 4.37. The lowest BCUT2D eigenvalue weighted by Gasteiger charge is -2.17. The van der Waals surface area contributed by atoms with Crippen molar-refractivity contribution in [1.82, 2.24) is 5.32 Å². The summed E-state index contributed by atoms with van der Waals surface area (Å²) in [6, 6.07) is 5.95. The van der Waals surface area contributed by atoms with E-state index < -0.39 is 0 Å². The Bertz CT molecular complexity index is 451. The Balaban J connectivity index is 2.07. The molecule has 1 fully saturated rings. The van der Waals surface area contributed by atoms with E-state index in [1.54, 1.807) is 0 Å². The van der Waals surface area contributed by atoms with E-state index in [2.05, 4.69) is 26.6 Å². The zero-order valence-corrected chi connectivity index (χ0v) is 12.1. The molecule has 1 amide bonds. The molecule has 0 spiro atoms. The number of amides is 1. The summed E-state index contributed by atoms with van der Waals surface area (Å²) in [7, 11) is 1.85. The first-order valence-corrected chi connectivity index (χ1v) is 6.73. The number of carbonyl (C=O) groups is 1. The van der Waals surface area contributed by atoms with Crippen LogP contribution in [0.3, 0.4) is 0 Å². The predicted octanol–water partition coefficient (Wildman–Crippen LogP) is 1.93. The highest BCUT2D eigenvalue weighted by molar-refractivity contribution is 9.10. The Labute approximate surface area is 115 Å². The quantitative estimate of drug-likeness (QED) is 0.896. The van der Waals surface area contributed by atoms with Gasteiger partial charge in [-0.05, 0) is 47.6 Å². The number of ether oxygens (including phenoxy) is 1. The fraction of sp³-hybridized carbons (Fsp3) is 0.462. The van der Waals surface area contributed by atoms with Crippen LogP contribution in [0.2, 0.25) is 0 Å². The van der Waals surface area contributed by atoms with Crippen LogP contribution >= 0.6 is 15.9 Å². The maximum absolute atomic E-state index is 12.2. The van der Waals surface area contributed by atoms with Crippen molar-refractivity contribution in [3.8, 4) is 0 Å². The first kappa shape index (κ1) is 13.5. The van der Waals surface area contributed by atoms with Crippen LogP contribution in [-0.4, -0.2) is 32.2 Å². The van der Waals surface area contributed by atoms with Gasteiger partial charge in [-0.2, -0.15) is 0 Å². The van der Waals surface area contributed by atoms with E-state index in [9.17, 15) is 4.79 Å². The number of aryl methyl sites for hydroxylation is 1. The van der Waals surface area contributed by atoms with Crippen LogP contribution in [0.4, 0.5) is 5.69 Å². The number of hydrogen-bond donors (Lipinski definition) is 2. The van der Waals surface area contributed by atoms with Crippen LogP contribution < -0.4 is 10.6 Å². The number of anilines is 1. The lowest BCUT2D eigenvalue weighted by molar-refractivity contribution is -0.120. The van der Waals surface area contributed by atoms with Crippen molar-refractivity contribution < 1.29 is 9.53 Å². The molecule has 1 heterocycles. The Morgan fingerprint density at radius 1 is 1.44 bits per heavy atom. The van der Waals surface area contributed by atoms with Gasteiger partial charge in [0.25, 0.3) is 0 Å². The monoisotopic (exact) mass is 312 g/mol. The van der Waals surface area contributed by atoms with Gasteiger partial charge in [0.2, 0.25) is 5.91 Å². The van der Waals surface area contributed by atoms with Crippen LogP contribution in [-0.2, 0) is 9.53 Å². The molecule has 1 aromatic rings. The Morgan fingerprint density at radius 3 is 2.89 bits per heavy atom. The summed E-state index contributed by atoms with van der Waals surface area (Å²) in [5.41, 5.74) is 1.95. The minimum absolute atomic E-state index is 0.00333. The van der Waals surface area contributed by atoms with E-state index in [-0.39, 0.29) is 17.9 Å². The van der Waals surface area contributed by atoms with E-state index in [1.807, 2.05) is 32.2 Å². The topological polar surface area (TPSA) is 50.4 Å². The fourth-order valence-electron chi connectivity index (χ4n) is 2.04. The first-order valence-electron chi connectivity index (χ1n) is 5.94. The molecular formula is C13H17BrN2O2. The first-order chi connectivity index (χ1) is 8.61. The molecule has 2 unspecified atom stereocenters. The van der Waals surface area contributed by atoms with Crippen molar-refractivity contribution in [3.05, 3.63) is 28.2 Å². The number of hydrogen-bond acceptors (Lipinski definition) is 3. The van der Waals surface area contributed by atoms with Crippen LogP contribution in [0.5, 0.6) is 0 Å². The molecule has 0 saturated carbocycles. The van der Waals surface area contributed by atoms with Gasteiger partial charge in [0.15, 0.2) is 0 Å². The third-order valence-corrected chi connectivity index (χ3v) is 3.83. The molecule has 2 rings (SSSR count). The third kappa shape index (κ3) is 2.91. The maximum atomic E-state index is 12.2. The summed E-state index contributed by atoms with van der Waals surface area (Å²) >= 11 is 3.45. The molecule has 5 heteroatoms. The Morgan fingerprint density at radius 2 is 2.22 bits per heavy atom. The molecule has 0 aromatic heterocycles. The normalized spacial score (nSPS) is 23.1. The van der Waals surface area contributed by atoms with Crippen molar-refractivity contribution in [1.29, 1.82) is 0 Å². The average molecular weight is 313 g/mol. The second-order valence-electron chi connectivity index (χ2n) is 4.51. The highest BCUT2D eigenvalue weighted by atomic mass is 79.9. The molecule has 98 valence electrons. The van der Waals surface area contributed by atoms with Gasteiger partial charge in [-0.1, -0.05) is 6.07 Å². The van der Waals surface area contributed by atoms with Gasteiger partial charge in [0.1, 0.15) is 0 Å². The fourth-order valence-corrected chi connectivity index (χ4v) is 2.64. The molecule has 4 nitrogen and oxygen atoms in total. The van der Waals surface area contributed by atoms with Gasteiger partial charge in [-0.15, -0.1) is 0 Å². The average Bonchev–Trinajstić information content (AvgIpc) is 2.81. The molecule has 2 N–H and O–H groups in total. The number of rotatable bonds is 3. The van der Waals surface area contributed by atoms with Gasteiger partial charge < -0.3 is 15.4 Å². The zero-order valence-electron chi connectivity index (χ0n) is 10.5. The van der Waals surface area contributed by atoms with Crippen LogP contribution in [0.1, 0.15) is 5.56 Å². The van der Waals surface area contributed by atoms with Gasteiger partial charge >= 0.3 is 0 Å². The summed E-state index contributed by atoms with van der Waals surface area (Å²) in [4.78, 5) is 12.2. The summed E-state index contributed by atoms with van der Waals surface area (Å²) in [6.45, 7) is 3.07. The van der Waals surface area contributed by atoms with Gasteiger partial charge in [-0.3, -0.25) is 4.79 Å². The minimum atomic E-state index is -0.136. The summed E-state index contributed by atoms with van der Waals surface area (Å²) < 4.78 is 6.23. The van der Waals surface area contributed by atoms with Crippen molar-refractivity contribution in [2.24, 2.45) is 5.92 Å². The SMILES string of the molecule is CNC1COCC1C(=O)Nc1ccc(C)cc1Br. The lowest BCUT2D eigenvalue weighted by atomic mass is 10.0. The van der Waals surface area contributed by atoms with Crippen LogP contribution in [0.15, 0.2) is 22.7 Å². The molecule has 1 saturated heterocycles. The van der Waals surface area contributed by atoms with E-state index in [4.69, 9.17) is 4.74 Å². The maximum Gasteiger partial charge on any atom is 0.231 e. The van der Waals surface area contributed by atoms with E-state index in [1.165, 1.54) is 0 Å². The standard InChI is InChI=1S/C13H17BrN2O2/c1-8-3-4-11(10(14)5-8)16-13(17)9-6-18-7-12(9)15-2/h3-5,9,12,15H,6-7H2,1-2H3,(H,16,17). The summed E-state index contributed by atoms with van der Waals surface area (Å²) in [6.07, 6.45) is 0. The number of nitrogens with one attached hydrogen (secondary N) is 2. The second kappa shape index (κ2) is 5.82. The highest BCUT2D eigenvalue weighted by Crippen LogP contribution is 2.25. The molecule has 1 aromatic carbocycles. The Hall–Kier alpha value is -0.910. The lowest BCUT2D eigenvalue weighted by Crippen LogP contribution is -2.39. The molecule has 0 bridgehead atoms. The molecule has 0 aliphatic carbocycles. The van der Waals surface area contributed by atoms with E-state index in [0.29, 0.717) is 13.2 Å². The second-order valence-corrected chi connectivity index (χ2v) is 5.37. The molecular weight excluding hydrogens is 296 g/mol. The molecule has 1 aliphatic heterocycles. The molecule has 2 atom stereocenters. The number of carbonyl (C=O) groups excluding carboxylic acids is 1. The van der Waals surface area contributed by atoms with Crippen molar-refractivity contribution >= 4 is 27.5 Å². The molecule has 18 heavy (non-hydrogen) atoms. The van der Waals surface area contributed by atoms with Crippen LogP contribution in [0.25, 0.3) is 0 Å². The van der Waals surface area contributed by atoms with E-state index in [0.717, 1.165) is 15.7 Å². The number of halogens is 1. The largest absolute Gasteiger partial charge is 0.379 e. The highest BCUT2D eigenvalue weighted by Gasteiger charge is 2.33. The minimum Gasteiger partial charge on any atom is -0.379 e. The summed E-state index contributed by atoms with van der Waals surface area (Å²) in [5.74, 6) is -0.139. The van der Waals surface area contributed by atoms with Crippen molar-refractivity contribution in [2.45, 2.75) is 13.0 Å². The van der Waals surface area contributed by atoms with Gasteiger partial charge in [-0.25, -0.2) is 0 Å². The number of likely N-dealkylation sites (N-methyl/N-ethyl adjacent to an activating group) is 1. The summed E-state index contributed by atoms with van der Waals surface area (Å²) in [5, 5.41) is 6.04. The molecule has 1 aliphatic rings. The third-order valence-electron chi connectivity index (χ3n) is 3.17. The predicted molar refractivity (Wildman–Crippen MR) is 74.7 cm³/mol. The number of benzene rings is 1. The van der Waals surface area contributed by atoms with E-state index >= 15 is 0 Å². The van der Waals surface area contributed by atoms with Gasteiger partial charge in [0.05, 0.1) is 24.8 Å². The van der Waals surface area contributed by atoms with Crippen molar-refractivity contribution in [3.63, 3.8) is 0 Å².